The summed E-state index contributed by atoms with van der Waals surface area (Å²) >= 11 is 9.27. The van der Waals surface area contributed by atoms with Crippen molar-refractivity contribution in [2.45, 2.75) is 6.42 Å². The van der Waals surface area contributed by atoms with Crippen LogP contribution in [0.25, 0.3) is 0 Å². The summed E-state index contributed by atoms with van der Waals surface area (Å²) in [5.74, 6) is -1.54. The fraction of sp³-hybridized carbons (Fsp3) is 0.167. The molecule has 2 aromatic carbocycles. The number of amides is 2. The summed E-state index contributed by atoms with van der Waals surface area (Å²) in [6, 6.07) is 14.0. The van der Waals surface area contributed by atoms with Crippen LogP contribution in [0.4, 0.5) is 5.69 Å². The van der Waals surface area contributed by atoms with Gasteiger partial charge in [-0.3, -0.25) is 14.4 Å². The molecule has 0 fully saturated rings. The number of hydrogen-bond donors (Lipinski definition) is 2. The van der Waals surface area contributed by atoms with Crippen LogP contribution in [0.15, 0.2) is 53.0 Å². The summed E-state index contributed by atoms with van der Waals surface area (Å²) < 4.78 is 5.61. The highest BCUT2D eigenvalue weighted by molar-refractivity contribution is 9.10. The van der Waals surface area contributed by atoms with Gasteiger partial charge in [0.2, 0.25) is 5.91 Å². The zero-order valence-corrected chi connectivity index (χ0v) is 16.0. The van der Waals surface area contributed by atoms with Crippen LogP contribution >= 0.6 is 27.5 Å². The number of carbonyl (C=O) groups is 3. The first-order valence-electron chi connectivity index (χ1n) is 7.66. The number of nitrogens with one attached hydrogen (secondary N) is 2. The number of benzene rings is 2. The van der Waals surface area contributed by atoms with Crippen molar-refractivity contribution in [3.8, 4) is 0 Å². The number of halogens is 2. The Bertz CT molecular complexity index is 748. The van der Waals surface area contributed by atoms with Crippen molar-refractivity contribution in [1.29, 1.82) is 0 Å². The highest BCUT2D eigenvalue weighted by atomic mass is 79.9. The average Bonchev–Trinajstić information content (AvgIpc) is 2.62. The van der Waals surface area contributed by atoms with Gasteiger partial charge in [0.25, 0.3) is 5.91 Å². The molecule has 0 bridgehead atoms. The number of carbonyl (C=O) groups excluding carboxylic acids is 3. The lowest BCUT2D eigenvalue weighted by Gasteiger charge is -2.09. The Kier molecular flexibility index (Phi) is 7.62. The summed E-state index contributed by atoms with van der Waals surface area (Å²) in [5.41, 5.74) is 1.21. The first-order chi connectivity index (χ1) is 12.5. The Labute approximate surface area is 164 Å². The molecule has 0 unspecified atom stereocenters. The molecule has 2 aromatic rings. The van der Waals surface area contributed by atoms with Gasteiger partial charge in [0.15, 0.2) is 6.61 Å². The maximum atomic E-state index is 11.8. The van der Waals surface area contributed by atoms with Gasteiger partial charge >= 0.3 is 5.97 Å². The van der Waals surface area contributed by atoms with Crippen molar-refractivity contribution in [2.75, 3.05) is 18.5 Å². The van der Waals surface area contributed by atoms with Crippen molar-refractivity contribution in [3.05, 3.63) is 63.6 Å². The molecular weight excluding hydrogens is 424 g/mol. The summed E-state index contributed by atoms with van der Waals surface area (Å²) in [6.45, 7) is -0.701. The van der Waals surface area contributed by atoms with Crippen LogP contribution in [-0.2, 0) is 25.5 Å². The normalized spacial score (nSPS) is 10.1. The van der Waals surface area contributed by atoms with E-state index in [0.29, 0.717) is 16.3 Å². The third kappa shape index (κ3) is 6.50. The molecule has 0 radical (unpaired) electrons. The zero-order chi connectivity index (χ0) is 18.9. The lowest BCUT2D eigenvalue weighted by molar-refractivity contribution is -0.147. The largest absolute Gasteiger partial charge is 0.455 e. The maximum absolute atomic E-state index is 11.8. The van der Waals surface area contributed by atoms with Gasteiger partial charge in [-0.25, -0.2) is 0 Å². The van der Waals surface area contributed by atoms with Crippen LogP contribution in [0.1, 0.15) is 5.56 Å². The second kappa shape index (κ2) is 9.94. The van der Waals surface area contributed by atoms with Crippen LogP contribution in [-0.4, -0.2) is 30.9 Å². The molecule has 2 rings (SSSR count). The number of rotatable bonds is 7. The van der Waals surface area contributed by atoms with Crippen molar-refractivity contribution in [3.63, 3.8) is 0 Å². The van der Waals surface area contributed by atoms with E-state index in [2.05, 4.69) is 26.6 Å². The van der Waals surface area contributed by atoms with Crippen molar-refractivity contribution in [2.24, 2.45) is 0 Å². The highest BCUT2D eigenvalue weighted by Gasteiger charge is 2.12. The fourth-order valence-electron chi connectivity index (χ4n) is 1.98. The van der Waals surface area contributed by atoms with Gasteiger partial charge in [-0.2, -0.15) is 0 Å². The number of anilines is 1. The van der Waals surface area contributed by atoms with Gasteiger partial charge in [-0.05, 0) is 39.7 Å². The Hall–Kier alpha value is -2.38. The van der Waals surface area contributed by atoms with Crippen molar-refractivity contribution < 1.29 is 19.1 Å². The number of para-hydroxylation sites is 1. The highest BCUT2D eigenvalue weighted by Crippen LogP contribution is 2.20. The van der Waals surface area contributed by atoms with Gasteiger partial charge in [-0.1, -0.05) is 41.9 Å². The monoisotopic (exact) mass is 438 g/mol. The molecule has 6 nitrogen and oxygen atoms in total. The molecule has 0 aromatic heterocycles. The smallest absolute Gasteiger partial charge is 0.310 e. The van der Waals surface area contributed by atoms with Crippen LogP contribution in [0.3, 0.4) is 0 Å². The quantitative estimate of drug-likeness (QED) is 0.650. The van der Waals surface area contributed by atoms with Crippen LogP contribution < -0.4 is 10.6 Å². The van der Waals surface area contributed by atoms with E-state index in [1.807, 2.05) is 6.07 Å². The second-order valence-electron chi connectivity index (χ2n) is 5.23. The molecule has 136 valence electrons. The summed E-state index contributed by atoms with van der Waals surface area (Å²) in [7, 11) is 0. The van der Waals surface area contributed by atoms with E-state index in [1.165, 1.54) is 0 Å². The Morgan fingerprint density at radius 1 is 1.00 bits per heavy atom. The molecule has 0 saturated heterocycles. The van der Waals surface area contributed by atoms with Crippen molar-refractivity contribution >= 4 is 51.0 Å². The van der Waals surface area contributed by atoms with Gasteiger partial charge in [-0.15, -0.1) is 0 Å². The SMILES string of the molecule is O=C(COC(=O)Cc1ccccc1Cl)NCC(=O)Nc1ccccc1Br. The number of ether oxygens (including phenoxy) is 1. The van der Waals surface area contributed by atoms with E-state index < -0.39 is 24.4 Å². The van der Waals surface area contributed by atoms with Crippen LogP contribution in [0.5, 0.6) is 0 Å². The Morgan fingerprint density at radius 3 is 2.42 bits per heavy atom. The minimum Gasteiger partial charge on any atom is -0.455 e. The molecule has 2 N–H and O–H groups in total. The lowest BCUT2D eigenvalue weighted by atomic mass is 10.1. The van der Waals surface area contributed by atoms with Crippen molar-refractivity contribution in [1.82, 2.24) is 5.32 Å². The molecule has 0 aliphatic heterocycles. The second-order valence-corrected chi connectivity index (χ2v) is 6.50. The molecule has 0 saturated carbocycles. The van der Waals surface area contributed by atoms with E-state index in [9.17, 15) is 14.4 Å². The summed E-state index contributed by atoms with van der Waals surface area (Å²) in [4.78, 5) is 35.2. The van der Waals surface area contributed by atoms with Crippen LogP contribution in [0.2, 0.25) is 5.02 Å². The third-order valence-corrected chi connectivity index (χ3v) is 4.31. The predicted octanol–water partition coefficient (Wildman–Crippen LogP) is 2.94. The first-order valence-corrected chi connectivity index (χ1v) is 8.83. The number of hydrogen-bond acceptors (Lipinski definition) is 4. The molecule has 8 heteroatoms. The Morgan fingerprint density at radius 2 is 1.69 bits per heavy atom. The Balaban J connectivity index is 1.70. The van der Waals surface area contributed by atoms with E-state index in [4.69, 9.17) is 16.3 Å². The average molecular weight is 440 g/mol. The van der Waals surface area contributed by atoms with Gasteiger partial charge in [0, 0.05) is 9.50 Å². The molecule has 26 heavy (non-hydrogen) atoms. The number of esters is 1. The molecule has 0 aliphatic rings. The van der Waals surface area contributed by atoms with Gasteiger partial charge in [0.1, 0.15) is 0 Å². The predicted molar refractivity (Wildman–Crippen MR) is 102 cm³/mol. The topological polar surface area (TPSA) is 84.5 Å². The zero-order valence-electron chi connectivity index (χ0n) is 13.6. The molecule has 0 spiro atoms. The first kappa shape index (κ1) is 19.9. The summed E-state index contributed by atoms with van der Waals surface area (Å²) in [6.07, 6.45) is -0.0323. The van der Waals surface area contributed by atoms with E-state index in [-0.39, 0.29) is 13.0 Å². The standard InChI is InChI=1S/C18H16BrClN2O4/c19-13-6-2-4-8-15(13)22-16(23)10-21-17(24)11-26-18(25)9-12-5-1-3-7-14(12)20/h1-8H,9-11H2,(H,21,24)(H,22,23). The van der Waals surface area contributed by atoms with E-state index >= 15 is 0 Å². The van der Waals surface area contributed by atoms with Gasteiger partial charge in [0.05, 0.1) is 18.7 Å². The maximum Gasteiger partial charge on any atom is 0.310 e. The summed E-state index contributed by atoms with van der Waals surface area (Å²) in [5, 5.41) is 5.49. The van der Waals surface area contributed by atoms with E-state index in [1.54, 1.807) is 42.5 Å². The minimum absolute atomic E-state index is 0.0323. The van der Waals surface area contributed by atoms with E-state index in [0.717, 1.165) is 4.47 Å². The van der Waals surface area contributed by atoms with Gasteiger partial charge < -0.3 is 15.4 Å². The lowest BCUT2D eigenvalue weighted by Crippen LogP contribution is -2.35. The fourth-order valence-corrected chi connectivity index (χ4v) is 2.57. The third-order valence-electron chi connectivity index (χ3n) is 3.25. The molecule has 2 amide bonds. The molecule has 0 aliphatic carbocycles. The molecule has 0 heterocycles. The van der Waals surface area contributed by atoms with Crippen LogP contribution in [0, 0.1) is 0 Å². The minimum atomic E-state index is -0.578. The molecule has 0 atom stereocenters. The molecular formula is C18H16BrClN2O4.